The summed E-state index contributed by atoms with van der Waals surface area (Å²) in [4.78, 5) is 17.0. The smallest absolute Gasteiger partial charge is 0.347 e. The van der Waals surface area contributed by atoms with E-state index in [0.717, 1.165) is 0 Å². The van der Waals surface area contributed by atoms with Crippen LogP contribution in [-0.2, 0) is 9.57 Å². The van der Waals surface area contributed by atoms with Crippen LogP contribution in [0.1, 0.15) is 23.2 Å². The summed E-state index contributed by atoms with van der Waals surface area (Å²) in [6.07, 6.45) is -0.590. The molecule has 1 fully saturated rings. The molecule has 1 aromatic carbocycles. The third-order valence-corrected chi connectivity index (χ3v) is 4.24. The van der Waals surface area contributed by atoms with Crippen LogP contribution in [0.15, 0.2) is 30.3 Å². The average Bonchev–Trinajstić information content (AvgIpc) is 3.29. The zero-order valence-corrected chi connectivity index (χ0v) is 12.4. The van der Waals surface area contributed by atoms with Crippen LogP contribution in [0.2, 0.25) is 0 Å². The highest BCUT2D eigenvalue weighted by Crippen LogP contribution is 2.48. The fraction of sp³-hybridized carbons (Fsp3) is 0.462. The number of hydrogen-bond donors (Lipinski definition) is 2. The van der Waals surface area contributed by atoms with Gasteiger partial charge in [-0.15, -0.1) is 0 Å². The van der Waals surface area contributed by atoms with Gasteiger partial charge in [0.1, 0.15) is 0 Å². The van der Waals surface area contributed by atoms with Gasteiger partial charge < -0.3 is 5.11 Å². The molecule has 0 aromatic heterocycles. The van der Waals surface area contributed by atoms with Crippen molar-refractivity contribution in [1.29, 1.82) is 0 Å². The molecule has 1 aliphatic carbocycles. The molecule has 2 rings (SSSR count). The van der Waals surface area contributed by atoms with E-state index in [4.69, 9.17) is 4.84 Å². The van der Waals surface area contributed by atoms with E-state index in [1.54, 1.807) is 30.3 Å². The molecule has 8 heteroatoms. The highest BCUT2D eigenvalue weighted by Gasteiger charge is 2.52. The van der Waals surface area contributed by atoms with Crippen LogP contribution in [0.4, 0.5) is 8.78 Å². The minimum absolute atomic E-state index is 0.234. The summed E-state index contributed by atoms with van der Waals surface area (Å²) in [6.45, 7) is -3.15. The molecular formula is C13H14BrF2NO4. The molecule has 1 aliphatic rings. The predicted molar refractivity (Wildman–Crippen MR) is 72.5 cm³/mol. The Morgan fingerprint density at radius 3 is 2.52 bits per heavy atom. The van der Waals surface area contributed by atoms with Gasteiger partial charge in [0.05, 0.1) is 0 Å². The van der Waals surface area contributed by atoms with Gasteiger partial charge in [-0.3, -0.25) is 9.53 Å². The van der Waals surface area contributed by atoms with Crippen molar-refractivity contribution >= 4 is 21.8 Å². The monoisotopic (exact) mass is 365 g/mol. The van der Waals surface area contributed by atoms with Crippen LogP contribution in [0.3, 0.4) is 0 Å². The van der Waals surface area contributed by atoms with Crippen LogP contribution < -0.4 is 5.48 Å². The van der Waals surface area contributed by atoms with E-state index in [0.29, 0.717) is 18.4 Å². The van der Waals surface area contributed by atoms with E-state index in [1.807, 2.05) is 0 Å². The van der Waals surface area contributed by atoms with Gasteiger partial charge in [0.2, 0.25) is 10.8 Å². The molecule has 0 heterocycles. The summed E-state index contributed by atoms with van der Waals surface area (Å²) in [5, 5.41) is 9.71. The fourth-order valence-electron chi connectivity index (χ4n) is 1.78. The van der Waals surface area contributed by atoms with Gasteiger partial charge in [-0.05, 0) is 40.9 Å². The second kappa shape index (κ2) is 6.78. The lowest BCUT2D eigenvalue weighted by Gasteiger charge is -2.31. The van der Waals surface area contributed by atoms with Crippen LogP contribution in [0.25, 0.3) is 0 Å². The molecule has 0 bridgehead atoms. The Morgan fingerprint density at radius 1 is 1.38 bits per heavy atom. The number of rotatable bonds is 7. The first-order chi connectivity index (χ1) is 9.93. The zero-order chi connectivity index (χ0) is 15.5. The predicted octanol–water partition coefficient (Wildman–Crippen LogP) is 2.41. The summed E-state index contributed by atoms with van der Waals surface area (Å²) >= 11 is 3.06. The molecule has 2 atom stereocenters. The van der Waals surface area contributed by atoms with Crippen molar-refractivity contribution in [1.82, 2.24) is 5.48 Å². The van der Waals surface area contributed by atoms with E-state index in [-0.39, 0.29) is 5.92 Å². The topological polar surface area (TPSA) is 67.8 Å². The number of carbonyl (C=O) groups excluding carboxylic acids is 1. The van der Waals surface area contributed by atoms with Crippen molar-refractivity contribution in [2.75, 3.05) is 0 Å². The summed E-state index contributed by atoms with van der Waals surface area (Å²) in [7, 11) is 0. The van der Waals surface area contributed by atoms with E-state index in [2.05, 4.69) is 26.1 Å². The molecule has 0 radical (unpaired) electrons. The SMILES string of the molecule is O=C(NOC(Br)(C1CC1)C(O)OC(F)F)c1ccccc1. The van der Waals surface area contributed by atoms with Crippen molar-refractivity contribution in [2.24, 2.45) is 5.92 Å². The Balaban J connectivity index is 1.98. The summed E-state index contributed by atoms with van der Waals surface area (Å²) in [5.74, 6) is -0.786. The third kappa shape index (κ3) is 4.19. The van der Waals surface area contributed by atoms with Crippen molar-refractivity contribution in [3.63, 3.8) is 0 Å². The Labute approximate surface area is 128 Å². The summed E-state index contributed by atoms with van der Waals surface area (Å²) in [6, 6.07) is 8.23. The molecular weight excluding hydrogens is 352 g/mol. The van der Waals surface area contributed by atoms with Gasteiger partial charge in [0.25, 0.3) is 5.91 Å². The molecule has 116 valence electrons. The van der Waals surface area contributed by atoms with Crippen molar-refractivity contribution < 1.29 is 28.3 Å². The van der Waals surface area contributed by atoms with E-state index < -0.39 is 23.3 Å². The number of carbonyl (C=O) groups is 1. The minimum atomic E-state index is -3.15. The van der Waals surface area contributed by atoms with E-state index in [9.17, 15) is 18.7 Å². The second-order valence-electron chi connectivity index (χ2n) is 4.62. The first-order valence-electron chi connectivity index (χ1n) is 6.27. The number of nitrogens with one attached hydrogen (secondary N) is 1. The summed E-state index contributed by atoms with van der Waals surface area (Å²) in [5.41, 5.74) is 2.48. The highest BCUT2D eigenvalue weighted by atomic mass is 79.9. The summed E-state index contributed by atoms with van der Waals surface area (Å²) < 4.78 is 26.9. The Kier molecular flexibility index (Phi) is 5.26. The molecule has 21 heavy (non-hydrogen) atoms. The number of benzene rings is 1. The molecule has 0 spiro atoms. The maximum Gasteiger partial charge on any atom is 0.347 e. The van der Waals surface area contributed by atoms with Crippen molar-refractivity contribution in [2.45, 2.75) is 30.3 Å². The number of amides is 1. The number of aliphatic hydroxyl groups excluding tert-OH is 1. The zero-order valence-electron chi connectivity index (χ0n) is 10.8. The van der Waals surface area contributed by atoms with Crippen LogP contribution >= 0.6 is 15.9 Å². The largest absolute Gasteiger partial charge is 0.365 e. The molecule has 0 saturated heterocycles. The standard InChI is InChI=1S/C13H14BrF2NO4/c14-13(9-6-7-9,11(19)20-12(15)16)21-17-10(18)8-4-2-1-3-5-8/h1-5,9,11-12,19H,6-7H2,(H,17,18). The quantitative estimate of drug-likeness (QED) is 0.442. The maximum atomic E-state index is 12.2. The van der Waals surface area contributed by atoms with Gasteiger partial charge in [-0.1, -0.05) is 18.2 Å². The normalized spacial score (nSPS) is 19.1. The number of ether oxygens (including phenoxy) is 1. The minimum Gasteiger partial charge on any atom is -0.365 e. The Bertz CT molecular complexity index is 486. The molecule has 2 unspecified atom stereocenters. The number of aliphatic hydroxyl groups is 1. The Hall–Kier alpha value is -1.09. The van der Waals surface area contributed by atoms with E-state index in [1.165, 1.54) is 0 Å². The molecule has 5 nitrogen and oxygen atoms in total. The number of alkyl halides is 3. The number of hydrogen-bond acceptors (Lipinski definition) is 4. The first-order valence-corrected chi connectivity index (χ1v) is 7.06. The van der Waals surface area contributed by atoms with Gasteiger partial charge >= 0.3 is 6.61 Å². The average molecular weight is 366 g/mol. The van der Waals surface area contributed by atoms with Gasteiger partial charge in [-0.2, -0.15) is 8.78 Å². The molecule has 1 amide bonds. The number of hydroxylamine groups is 1. The van der Waals surface area contributed by atoms with Crippen LogP contribution in [-0.4, -0.2) is 28.4 Å². The van der Waals surface area contributed by atoms with Gasteiger partial charge in [0, 0.05) is 11.5 Å². The van der Waals surface area contributed by atoms with Crippen LogP contribution in [0, 0.1) is 5.92 Å². The van der Waals surface area contributed by atoms with Gasteiger partial charge in [-0.25, -0.2) is 10.3 Å². The second-order valence-corrected chi connectivity index (χ2v) is 5.86. The lowest BCUT2D eigenvalue weighted by Crippen LogP contribution is -2.48. The first kappa shape index (κ1) is 16.3. The molecule has 1 aromatic rings. The maximum absolute atomic E-state index is 12.2. The lowest BCUT2D eigenvalue weighted by molar-refractivity contribution is -0.280. The van der Waals surface area contributed by atoms with Gasteiger partial charge in [0.15, 0.2) is 0 Å². The fourth-order valence-corrected chi connectivity index (χ4v) is 2.42. The van der Waals surface area contributed by atoms with Crippen LogP contribution in [0.5, 0.6) is 0 Å². The Morgan fingerprint density at radius 2 is 2.00 bits per heavy atom. The molecule has 0 aliphatic heterocycles. The van der Waals surface area contributed by atoms with Crippen molar-refractivity contribution in [3.05, 3.63) is 35.9 Å². The lowest BCUT2D eigenvalue weighted by atomic mass is 10.2. The third-order valence-electron chi connectivity index (χ3n) is 3.04. The highest BCUT2D eigenvalue weighted by molar-refractivity contribution is 9.10. The number of halogens is 3. The van der Waals surface area contributed by atoms with E-state index >= 15 is 0 Å². The van der Waals surface area contributed by atoms with Crippen molar-refractivity contribution in [3.8, 4) is 0 Å². The molecule has 2 N–H and O–H groups in total. The molecule has 1 saturated carbocycles.